The van der Waals surface area contributed by atoms with Crippen LogP contribution in [0, 0.1) is 11.6 Å². The van der Waals surface area contributed by atoms with Crippen LogP contribution in [0.5, 0.6) is 0 Å². The highest BCUT2D eigenvalue weighted by Crippen LogP contribution is 2.19. The minimum absolute atomic E-state index is 0.500. The summed E-state index contributed by atoms with van der Waals surface area (Å²) in [5, 5.41) is 6.64. The minimum atomic E-state index is -0.698. The van der Waals surface area contributed by atoms with Gasteiger partial charge >= 0.3 is 0 Å². The Morgan fingerprint density at radius 2 is 1.91 bits per heavy atom. The van der Waals surface area contributed by atoms with Crippen molar-refractivity contribution in [3.05, 3.63) is 83.1 Å². The third kappa shape index (κ3) is 6.29. The monoisotopic (exact) mass is 467 g/mol. The molecular formula is C27H35F2N5. The molecule has 2 atom stereocenters. The van der Waals surface area contributed by atoms with E-state index in [1.807, 2.05) is 19.2 Å². The molecule has 7 heteroatoms. The Kier molecular flexibility index (Phi) is 7.76. The molecule has 4 rings (SSSR count). The average Bonchev–Trinajstić information content (AvgIpc) is 2.80. The molecule has 0 amide bonds. The van der Waals surface area contributed by atoms with E-state index in [1.54, 1.807) is 0 Å². The maximum Gasteiger partial charge on any atom is 0.182 e. The number of rotatable bonds is 8. The molecule has 2 aliphatic heterocycles. The van der Waals surface area contributed by atoms with Gasteiger partial charge in [-0.05, 0) is 62.2 Å². The zero-order valence-electron chi connectivity index (χ0n) is 20.3. The van der Waals surface area contributed by atoms with Gasteiger partial charge in [-0.2, -0.15) is 0 Å². The van der Waals surface area contributed by atoms with Crippen LogP contribution in [-0.2, 0) is 13.0 Å². The van der Waals surface area contributed by atoms with E-state index in [1.165, 1.54) is 17.7 Å². The van der Waals surface area contributed by atoms with Crippen molar-refractivity contribution in [3.63, 3.8) is 0 Å². The summed E-state index contributed by atoms with van der Waals surface area (Å²) in [4.78, 5) is 9.91. The van der Waals surface area contributed by atoms with Crippen LogP contribution in [0.15, 0.2) is 59.7 Å². The van der Waals surface area contributed by atoms with E-state index in [-0.39, 0.29) is 0 Å². The predicted molar refractivity (Wildman–Crippen MR) is 134 cm³/mol. The molecule has 0 spiro atoms. The van der Waals surface area contributed by atoms with Crippen molar-refractivity contribution in [2.75, 3.05) is 33.2 Å². The Morgan fingerprint density at radius 3 is 2.68 bits per heavy atom. The van der Waals surface area contributed by atoms with Gasteiger partial charge < -0.3 is 10.2 Å². The van der Waals surface area contributed by atoms with Crippen LogP contribution in [0.3, 0.4) is 0 Å². The number of aliphatic imine (C=N–C) groups is 1. The molecule has 182 valence electrons. The lowest BCUT2D eigenvalue weighted by atomic mass is 10.0. The number of likely N-dealkylation sites (N-methyl/N-ethyl adjacent to an activating group) is 1. The van der Waals surface area contributed by atoms with Crippen molar-refractivity contribution in [2.24, 2.45) is 4.99 Å². The Labute approximate surface area is 201 Å². The smallest absolute Gasteiger partial charge is 0.182 e. The molecule has 0 aromatic heterocycles. The second-order valence-electron chi connectivity index (χ2n) is 9.50. The second kappa shape index (κ2) is 10.8. The van der Waals surface area contributed by atoms with Gasteiger partial charge in [0.1, 0.15) is 11.6 Å². The van der Waals surface area contributed by atoms with E-state index in [9.17, 15) is 8.78 Å². The molecule has 2 aromatic rings. The van der Waals surface area contributed by atoms with Gasteiger partial charge in [0.05, 0.1) is 5.71 Å². The number of piperazine rings is 1. The van der Waals surface area contributed by atoms with E-state index in [4.69, 9.17) is 4.99 Å². The summed E-state index contributed by atoms with van der Waals surface area (Å²) in [6.07, 6.45) is 5.53. The van der Waals surface area contributed by atoms with Crippen molar-refractivity contribution in [1.29, 1.82) is 0 Å². The summed E-state index contributed by atoms with van der Waals surface area (Å²) in [5.41, 5.74) is 3.89. The van der Waals surface area contributed by atoms with Crippen LogP contribution in [0.2, 0.25) is 0 Å². The second-order valence-corrected chi connectivity index (χ2v) is 9.50. The first-order valence-electron chi connectivity index (χ1n) is 12.1. The van der Waals surface area contributed by atoms with Crippen LogP contribution in [-0.4, -0.2) is 60.6 Å². The van der Waals surface area contributed by atoms with Crippen LogP contribution in [0.4, 0.5) is 8.78 Å². The molecule has 2 unspecified atom stereocenters. The summed E-state index contributed by atoms with van der Waals surface area (Å²) in [6, 6.07) is 12.8. The first kappa shape index (κ1) is 24.5. The van der Waals surface area contributed by atoms with Crippen molar-refractivity contribution in [3.8, 4) is 0 Å². The van der Waals surface area contributed by atoms with Crippen molar-refractivity contribution >= 4 is 5.71 Å². The largest absolute Gasteiger partial charge is 0.355 e. The Bertz CT molecular complexity index is 1030. The number of halogens is 2. The van der Waals surface area contributed by atoms with Crippen molar-refractivity contribution < 1.29 is 8.78 Å². The topological polar surface area (TPSA) is 42.9 Å². The molecule has 1 saturated heterocycles. The SMILES string of the molecule is CCC1CN(C)CCN1Cc1cccc(C2=NC(C)(NCCc3cc(F)cc(F)c3)NC=C2)c1. The lowest BCUT2D eigenvalue weighted by molar-refractivity contribution is 0.0812. The number of nitrogens with one attached hydrogen (secondary N) is 2. The number of allylic oxidation sites excluding steroid dienone is 1. The molecule has 5 nitrogen and oxygen atoms in total. The van der Waals surface area contributed by atoms with Crippen molar-refractivity contribution in [2.45, 2.75) is 45.1 Å². The third-order valence-corrected chi connectivity index (χ3v) is 6.64. The molecule has 2 aromatic carbocycles. The lowest BCUT2D eigenvalue weighted by Gasteiger charge is -2.39. The summed E-state index contributed by atoms with van der Waals surface area (Å²) < 4.78 is 26.9. The first-order chi connectivity index (χ1) is 16.3. The van der Waals surface area contributed by atoms with E-state index < -0.39 is 17.4 Å². The van der Waals surface area contributed by atoms with E-state index in [0.29, 0.717) is 24.6 Å². The quantitative estimate of drug-likeness (QED) is 0.618. The number of hydrogen-bond acceptors (Lipinski definition) is 5. The molecule has 2 N–H and O–H groups in total. The normalized spacial score (nSPS) is 23.6. The van der Waals surface area contributed by atoms with Gasteiger partial charge in [-0.15, -0.1) is 0 Å². The lowest BCUT2D eigenvalue weighted by Crippen LogP contribution is -2.53. The summed E-state index contributed by atoms with van der Waals surface area (Å²) in [6.45, 7) is 8.99. The molecule has 34 heavy (non-hydrogen) atoms. The summed E-state index contributed by atoms with van der Waals surface area (Å²) in [7, 11) is 2.20. The zero-order chi connectivity index (χ0) is 24.1. The molecule has 0 bridgehead atoms. The van der Waals surface area contributed by atoms with Gasteiger partial charge in [0.2, 0.25) is 0 Å². The fourth-order valence-electron chi connectivity index (χ4n) is 4.76. The molecule has 0 aliphatic carbocycles. The molecule has 0 radical (unpaired) electrons. The number of nitrogens with zero attached hydrogens (tertiary/aromatic N) is 3. The highest BCUT2D eigenvalue weighted by Gasteiger charge is 2.25. The first-order valence-corrected chi connectivity index (χ1v) is 12.1. The maximum absolute atomic E-state index is 13.5. The van der Waals surface area contributed by atoms with E-state index >= 15 is 0 Å². The molecule has 1 fully saturated rings. The van der Waals surface area contributed by atoms with Crippen LogP contribution < -0.4 is 10.6 Å². The molecule has 0 saturated carbocycles. The number of hydrogen-bond donors (Lipinski definition) is 2. The van der Waals surface area contributed by atoms with Gasteiger partial charge in [0.15, 0.2) is 5.79 Å². The maximum atomic E-state index is 13.5. The highest BCUT2D eigenvalue weighted by molar-refractivity contribution is 6.09. The van der Waals surface area contributed by atoms with Gasteiger partial charge in [0.25, 0.3) is 0 Å². The fourth-order valence-corrected chi connectivity index (χ4v) is 4.76. The number of benzene rings is 2. The molecular weight excluding hydrogens is 432 g/mol. The predicted octanol–water partition coefficient (Wildman–Crippen LogP) is 3.90. The van der Waals surface area contributed by atoms with Gasteiger partial charge in [-0.25, -0.2) is 13.8 Å². The van der Waals surface area contributed by atoms with Crippen LogP contribution in [0.25, 0.3) is 0 Å². The molecule has 2 heterocycles. The third-order valence-electron chi connectivity index (χ3n) is 6.64. The minimum Gasteiger partial charge on any atom is -0.355 e. The van der Waals surface area contributed by atoms with Gasteiger partial charge in [-0.3, -0.25) is 10.2 Å². The fraction of sp³-hybridized carbons (Fsp3) is 0.444. The van der Waals surface area contributed by atoms with E-state index in [0.717, 1.165) is 49.9 Å². The van der Waals surface area contributed by atoms with E-state index in [2.05, 4.69) is 58.7 Å². The summed E-state index contributed by atoms with van der Waals surface area (Å²) >= 11 is 0. The zero-order valence-corrected chi connectivity index (χ0v) is 20.3. The Hall–Kier alpha value is -2.61. The van der Waals surface area contributed by atoms with Gasteiger partial charge in [-0.1, -0.05) is 25.1 Å². The standard InChI is InChI=1S/C27H35F2N5/c1-4-25-19-33(3)12-13-34(25)18-21-6-5-7-22(14-21)26-9-11-31-27(2,32-26)30-10-8-20-15-23(28)17-24(29)16-20/h5-7,9,11,14-17,25,30-31H,4,8,10,12-13,18-19H2,1-3H3. The Morgan fingerprint density at radius 1 is 1.12 bits per heavy atom. The average molecular weight is 468 g/mol. The highest BCUT2D eigenvalue weighted by atomic mass is 19.1. The molecule has 2 aliphatic rings. The van der Waals surface area contributed by atoms with Crippen LogP contribution >= 0.6 is 0 Å². The van der Waals surface area contributed by atoms with Crippen molar-refractivity contribution in [1.82, 2.24) is 20.4 Å². The van der Waals surface area contributed by atoms with Gasteiger partial charge in [0, 0.05) is 56.6 Å². The van der Waals surface area contributed by atoms with Crippen LogP contribution in [0.1, 0.15) is 37.0 Å². The Balaban J connectivity index is 1.42. The summed E-state index contributed by atoms with van der Waals surface area (Å²) in [5.74, 6) is -1.81.